The number of thiophene rings is 1. The van der Waals surface area contributed by atoms with Gasteiger partial charge in [-0.15, -0.1) is 11.3 Å². The highest BCUT2D eigenvalue weighted by Crippen LogP contribution is 2.42. The van der Waals surface area contributed by atoms with Gasteiger partial charge >= 0.3 is 0 Å². The van der Waals surface area contributed by atoms with Crippen LogP contribution in [0.1, 0.15) is 15.2 Å². The number of fused-ring (bicyclic) bond motifs is 1. The molecule has 0 fully saturated rings. The number of carbonyl (C=O) groups excluding carboxylic acids is 1. The minimum absolute atomic E-state index is 0.114. The Morgan fingerprint density at radius 1 is 1.00 bits per heavy atom. The van der Waals surface area contributed by atoms with Crippen molar-refractivity contribution in [3.63, 3.8) is 0 Å². The van der Waals surface area contributed by atoms with E-state index in [1.807, 2.05) is 12.1 Å². The van der Waals surface area contributed by atoms with E-state index in [-0.39, 0.29) is 17.1 Å². The quantitative estimate of drug-likeness (QED) is 0.436. The normalized spacial score (nSPS) is 10.8. The van der Waals surface area contributed by atoms with Crippen molar-refractivity contribution in [3.05, 3.63) is 83.0 Å². The molecule has 140 valence electrons. The summed E-state index contributed by atoms with van der Waals surface area (Å²) >= 11 is 1.26. The molecule has 0 radical (unpaired) electrons. The third-order valence-corrected chi connectivity index (χ3v) is 5.33. The fourth-order valence-electron chi connectivity index (χ4n) is 2.82. The first-order valence-electron chi connectivity index (χ1n) is 8.43. The van der Waals surface area contributed by atoms with Crippen LogP contribution in [0.15, 0.2) is 66.7 Å². The lowest BCUT2D eigenvalue weighted by atomic mass is 10.1. The van der Waals surface area contributed by atoms with Crippen LogP contribution in [0.4, 0.5) is 4.39 Å². The third kappa shape index (κ3) is 3.42. The standard InChI is InChI=1S/C22H15FO4S/c1-26-17-9-10-18-19(12-17)28-22(20(25)13-3-2-4-14(23)11-13)21(18)27-16-7-5-15(24)6-8-16/h2-12,24H,1H3. The van der Waals surface area contributed by atoms with Crippen LogP contribution in [0.25, 0.3) is 10.1 Å². The van der Waals surface area contributed by atoms with E-state index < -0.39 is 5.82 Å². The van der Waals surface area contributed by atoms with E-state index in [2.05, 4.69) is 0 Å². The SMILES string of the molecule is COc1ccc2c(Oc3ccc(O)cc3)c(C(=O)c3cccc(F)c3)sc2c1. The number of phenols is 1. The van der Waals surface area contributed by atoms with Gasteiger partial charge in [-0.3, -0.25) is 4.79 Å². The first-order valence-corrected chi connectivity index (χ1v) is 9.24. The second-order valence-electron chi connectivity index (χ2n) is 6.06. The topological polar surface area (TPSA) is 55.8 Å². The van der Waals surface area contributed by atoms with Gasteiger partial charge in [0.1, 0.15) is 27.9 Å². The first kappa shape index (κ1) is 18.0. The minimum atomic E-state index is -0.477. The van der Waals surface area contributed by atoms with Crippen LogP contribution in [0, 0.1) is 5.82 Å². The molecule has 0 aliphatic heterocycles. The molecule has 1 aromatic heterocycles. The van der Waals surface area contributed by atoms with Gasteiger partial charge in [0.2, 0.25) is 5.78 Å². The van der Waals surface area contributed by atoms with Gasteiger partial charge in [0, 0.05) is 15.6 Å². The van der Waals surface area contributed by atoms with Crippen molar-refractivity contribution in [2.75, 3.05) is 7.11 Å². The van der Waals surface area contributed by atoms with E-state index in [1.165, 1.54) is 41.7 Å². The average molecular weight is 394 g/mol. The lowest BCUT2D eigenvalue weighted by Gasteiger charge is -2.08. The minimum Gasteiger partial charge on any atom is -0.508 e. The zero-order valence-corrected chi connectivity index (χ0v) is 15.6. The van der Waals surface area contributed by atoms with E-state index in [1.54, 1.807) is 31.4 Å². The van der Waals surface area contributed by atoms with E-state index in [9.17, 15) is 14.3 Å². The van der Waals surface area contributed by atoms with Gasteiger partial charge in [-0.1, -0.05) is 12.1 Å². The van der Waals surface area contributed by atoms with Crippen LogP contribution in [0.3, 0.4) is 0 Å². The Kier molecular flexibility index (Phi) is 4.71. The maximum atomic E-state index is 13.6. The molecule has 0 aliphatic carbocycles. The molecule has 0 atom stereocenters. The molecule has 4 nitrogen and oxygen atoms in total. The maximum Gasteiger partial charge on any atom is 0.206 e. The van der Waals surface area contributed by atoms with Crippen LogP contribution in [0.5, 0.6) is 23.0 Å². The molecular formula is C22H15FO4S. The second kappa shape index (κ2) is 7.32. The van der Waals surface area contributed by atoms with Crippen LogP contribution in [0.2, 0.25) is 0 Å². The molecule has 0 unspecified atom stereocenters. The van der Waals surface area contributed by atoms with Crippen molar-refractivity contribution in [2.24, 2.45) is 0 Å². The molecule has 0 spiro atoms. The van der Waals surface area contributed by atoms with Gasteiger partial charge in [0.25, 0.3) is 0 Å². The highest BCUT2D eigenvalue weighted by atomic mass is 32.1. The Balaban J connectivity index is 1.85. The Hall–Kier alpha value is -3.38. The molecule has 4 rings (SSSR count). The van der Waals surface area contributed by atoms with Crippen molar-refractivity contribution in [3.8, 4) is 23.0 Å². The van der Waals surface area contributed by atoms with E-state index in [0.717, 1.165) is 10.1 Å². The molecule has 0 bridgehead atoms. The summed E-state index contributed by atoms with van der Waals surface area (Å²) in [6.07, 6.45) is 0. The second-order valence-corrected chi connectivity index (χ2v) is 7.11. The summed E-state index contributed by atoms with van der Waals surface area (Å²) in [5, 5.41) is 10.2. The van der Waals surface area contributed by atoms with Crippen LogP contribution >= 0.6 is 11.3 Å². The number of methoxy groups -OCH3 is 1. The molecule has 1 heterocycles. The number of hydrogen-bond donors (Lipinski definition) is 1. The highest BCUT2D eigenvalue weighted by Gasteiger charge is 2.22. The first-order chi connectivity index (χ1) is 13.5. The Morgan fingerprint density at radius 3 is 2.46 bits per heavy atom. The summed E-state index contributed by atoms with van der Waals surface area (Å²) in [7, 11) is 1.57. The maximum absolute atomic E-state index is 13.6. The number of aromatic hydroxyl groups is 1. The number of ketones is 1. The Labute approximate surface area is 164 Å². The van der Waals surface area contributed by atoms with Gasteiger partial charge in [-0.2, -0.15) is 0 Å². The summed E-state index contributed by atoms with van der Waals surface area (Å²) in [5.41, 5.74) is 0.245. The van der Waals surface area contributed by atoms with Gasteiger partial charge in [-0.25, -0.2) is 4.39 Å². The van der Waals surface area contributed by atoms with Crippen molar-refractivity contribution in [1.29, 1.82) is 0 Å². The highest BCUT2D eigenvalue weighted by molar-refractivity contribution is 7.21. The van der Waals surface area contributed by atoms with Gasteiger partial charge in [0.05, 0.1) is 7.11 Å². The fourth-order valence-corrected chi connectivity index (χ4v) is 3.94. The van der Waals surface area contributed by atoms with Gasteiger partial charge in [0.15, 0.2) is 5.75 Å². The summed E-state index contributed by atoms with van der Waals surface area (Å²) in [5.74, 6) is 0.838. The number of halogens is 1. The lowest BCUT2D eigenvalue weighted by molar-refractivity contribution is 0.104. The van der Waals surface area contributed by atoms with Crippen molar-refractivity contribution < 1.29 is 23.8 Å². The molecule has 0 amide bonds. The van der Waals surface area contributed by atoms with Crippen molar-refractivity contribution in [2.45, 2.75) is 0 Å². The zero-order chi connectivity index (χ0) is 19.7. The Morgan fingerprint density at radius 2 is 1.75 bits per heavy atom. The third-order valence-electron chi connectivity index (χ3n) is 4.20. The number of benzene rings is 3. The van der Waals surface area contributed by atoms with Crippen LogP contribution in [-0.4, -0.2) is 18.0 Å². The molecule has 1 N–H and O–H groups in total. The molecule has 4 aromatic rings. The van der Waals surface area contributed by atoms with Crippen LogP contribution in [-0.2, 0) is 0 Å². The summed E-state index contributed by atoms with van der Waals surface area (Å²) in [6, 6.07) is 17.2. The number of phenolic OH excluding ortho intramolecular Hbond substituents is 1. The molecular weight excluding hydrogens is 379 g/mol. The zero-order valence-electron chi connectivity index (χ0n) is 14.8. The van der Waals surface area contributed by atoms with Gasteiger partial charge < -0.3 is 14.6 Å². The van der Waals surface area contributed by atoms with Crippen LogP contribution < -0.4 is 9.47 Å². The predicted octanol–water partition coefficient (Wildman–Crippen LogP) is 5.78. The summed E-state index contributed by atoms with van der Waals surface area (Å²) < 4.78 is 25.7. The van der Waals surface area contributed by atoms with Crippen molar-refractivity contribution >= 4 is 27.2 Å². The monoisotopic (exact) mass is 394 g/mol. The van der Waals surface area contributed by atoms with Gasteiger partial charge in [-0.05, 0) is 54.6 Å². The van der Waals surface area contributed by atoms with E-state index in [0.29, 0.717) is 22.1 Å². The molecule has 0 saturated carbocycles. The molecule has 0 saturated heterocycles. The number of hydrogen-bond acceptors (Lipinski definition) is 5. The molecule has 3 aromatic carbocycles. The fraction of sp³-hybridized carbons (Fsp3) is 0.0455. The largest absolute Gasteiger partial charge is 0.508 e. The smallest absolute Gasteiger partial charge is 0.206 e. The molecule has 0 aliphatic rings. The predicted molar refractivity (Wildman–Crippen MR) is 106 cm³/mol. The average Bonchev–Trinajstić information content (AvgIpc) is 3.06. The molecule has 28 heavy (non-hydrogen) atoms. The summed E-state index contributed by atoms with van der Waals surface area (Å²) in [6.45, 7) is 0. The van der Waals surface area contributed by atoms with Crippen molar-refractivity contribution in [1.82, 2.24) is 0 Å². The summed E-state index contributed by atoms with van der Waals surface area (Å²) in [4.78, 5) is 13.4. The Bertz CT molecular complexity index is 1170. The number of rotatable bonds is 5. The molecule has 6 heteroatoms. The number of ether oxygens (including phenoxy) is 2. The van der Waals surface area contributed by atoms with E-state index in [4.69, 9.17) is 9.47 Å². The van der Waals surface area contributed by atoms with E-state index >= 15 is 0 Å². The number of carbonyl (C=O) groups is 1. The lowest BCUT2D eigenvalue weighted by Crippen LogP contribution is -2.01.